The molecule has 1 saturated heterocycles. The summed E-state index contributed by atoms with van der Waals surface area (Å²) in [6.07, 6.45) is 3.96. The molecule has 2 aliphatic heterocycles. The topological polar surface area (TPSA) is 94.6 Å². The zero-order valence-corrected chi connectivity index (χ0v) is 23.0. The number of halogens is 2. The molecule has 9 nitrogen and oxygen atoms in total. The van der Waals surface area contributed by atoms with Crippen LogP contribution in [0.1, 0.15) is 13.8 Å². The number of piperazine rings is 1. The highest BCUT2D eigenvalue weighted by molar-refractivity contribution is 7.99. The molecule has 0 spiro atoms. The predicted octanol–water partition coefficient (Wildman–Crippen LogP) is 3.96. The van der Waals surface area contributed by atoms with E-state index < -0.39 is 21.7 Å². The zero-order valence-electron chi connectivity index (χ0n) is 21.4. The number of thioether (sulfide) groups is 1. The average molecular weight is 562 g/mol. The van der Waals surface area contributed by atoms with E-state index in [2.05, 4.69) is 30.1 Å². The van der Waals surface area contributed by atoms with E-state index >= 15 is 4.39 Å². The van der Waals surface area contributed by atoms with Crippen molar-refractivity contribution in [3.63, 3.8) is 0 Å². The van der Waals surface area contributed by atoms with Crippen LogP contribution in [0, 0.1) is 11.6 Å². The fourth-order valence-electron chi connectivity index (χ4n) is 4.64. The fraction of sp³-hybridized carbons (Fsp3) is 0.400. The number of nitrogens with zero attached hydrogens (tertiary/aromatic N) is 6. The summed E-state index contributed by atoms with van der Waals surface area (Å²) in [7, 11) is -3.20. The smallest absolute Gasteiger partial charge is 0.229 e. The van der Waals surface area contributed by atoms with Crippen LogP contribution in [0.4, 0.5) is 31.9 Å². The molecule has 4 heterocycles. The van der Waals surface area contributed by atoms with Gasteiger partial charge < -0.3 is 15.1 Å². The molecule has 2 aliphatic rings. The Labute approximate surface area is 225 Å². The number of fused-ring (bicyclic) bond motifs is 1. The molecular formula is C25H29F2N7O2S2. The van der Waals surface area contributed by atoms with Crippen molar-refractivity contribution in [2.24, 2.45) is 0 Å². The van der Waals surface area contributed by atoms with E-state index in [4.69, 9.17) is 0 Å². The molecule has 38 heavy (non-hydrogen) atoms. The van der Waals surface area contributed by atoms with E-state index in [1.165, 1.54) is 28.4 Å². The maximum absolute atomic E-state index is 15.0. The van der Waals surface area contributed by atoms with Crippen LogP contribution in [-0.4, -0.2) is 78.4 Å². The zero-order chi connectivity index (χ0) is 27.0. The number of benzene rings is 1. The van der Waals surface area contributed by atoms with Gasteiger partial charge in [-0.2, -0.15) is 4.31 Å². The van der Waals surface area contributed by atoms with Crippen LogP contribution in [0.2, 0.25) is 0 Å². The minimum Gasteiger partial charge on any atom is -0.368 e. The Morgan fingerprint density at radius 1 is 1.00 bits per heavy atom. The maximum Gasteiger partial charge on any atom is 0.229 e. The number of aromatic nitrogens is 3. The van der Waals surface area contributed by atoms with Crippen LogP contribution in [0.25, 0.3) is 11.3 Å². The molecule has 0 atom stereocenters. The number of hydrogen-bond donors (Lipinski definition) is 1. The Hall–Kier alpha value is -3.03. The summed E-state index contributed by atoms with van der Waals surface area (Å²) < 4.78 is 54.8. The quantitative estimate of drug-likeness (QED) is 0.480. The number of nitrogens with one attached hydrogen (secondary N) is 1. The first-order valence-corrected chi connectivity index (χ1v) is 15.1. The van der Waals surface area contributed by atoms with Crippen molar-refractivity contribution in [1.82, 2.24) is 19.3 Å². The summed E-state index contributed by atoms with van der Waals surface area (Å²) in [4.78, 5) is 17.5. The van der Waals surface area contributed by atoms with Crippen molar-refractivity contribution in [2.45, 2.75) is 24.8 Å². The molecule has 1 aromatic carbocycles. The molecule has 1 N–H and O–H groups in total. The Balaban J connectivity index is 1.34. The van der Waals surface area contributed by atoms with Crippen molar-refractivity contribution in [3.8, 4) is 11.3 Å². The lowest BCUT2D eigenvalue weighted by Gasteiger charge is -2.34. The second-order valence-corrected chi connectivity index (χ2v) is 12.6. The lowest BCUT2D eigenvalue weighted by atomic mass is 10.1. The van der Waals surface area contributed by atoms with Gasteiger partial charge in [-0.05, 0) is 38.1 Å². The van der Waals surface area contributed by atoms with Gasteiger partial charge in [0.2, 0.25) is 16.0 Å². The van der Waals surface area contributed by atoms with E-state index in [0.29, 0.717) is 42.5 Å². The number of rotatable bonds is 6. The van der Waals surface area contributed by atoms with Gasteiger partial charge in [0.25, 0.3) is 0 Å². The molecule has 13 heteroatoms. The SMILES string of the molecule is CC(C)N1CCSc2c(F)cc(-c3nc(Nc4ccc(N5CCN(S(C)(=O)=O)CC5)cn4)ncc3F)cc21. The second kappa shape index (κ2) is 10.6. The number of anilines is 4. The van der Waals surface area contributed by atoms with Crippen molar-refractivity contribution in [3.05, 3.63) is 48.3 Å². The van der Waals surface area contributed by atoms with Gasteiger partial charge >= 0.3 is 0 Å². The van der Waals surface area contributed by atoms with Crippen molar-refractivity contribution >= 4 is 44.9 Å². The fourth-order valence-corrected chi connectivity index (χ4v) is 6.48. The van der Waals surface area contributed by atoms with Crippen LogP contribution in [0.15, 0.2) is 41.6 Å². The summed E-state index contributed by atoms with van der Waals surface area (Å²) in [6, 6.07) is 6.90. The Morgan fingerprint density at radius 3 is 2.42 bits per heavy atom. The van der Waals surface area contributed by atoms with Gasteiger partial charge in [-0.3, -0.25) is 0 Å². The van der Waals surface area contributed by atoms with Crippen LogP contribution in [0.3, 0.4) is 0 Å². The van der Waals surface area contributed by atoms with E-state index in [9.17, 15) is 12.8 Å². The molecule has 5 rings (SSSR count). The molecule has 202 valence electrons. The number of pyridine rings is 1. The molecule has 0 radical (unpaired) electrons. The first-order valence-electron chi connectivity index (χ1n) is 12.3. The highest BCUT2D eigenvalue weighted by atomic mass is 32.2. The summed E-state index contributed by atoms with van der Waals surface area (Å²) >= 11 is 1.47. The van der Waals surface area contributed by atoms with Gasteiger partial charge in [-0.25, -0.2) is 32.2 Å². The number of hydrogen-bond acceptors (Lipinski definition) is 9. The van der Waals surface area contributed by atoms with E-state index in [0.717, 1.165) is 29.9 Å². The van der Waals surface area contributed by atoms with E-state index in [1.54, 1.807) is 18.3 Å². The minimum atomic E-state index is -3.20. The highest BCUT2D eigenvalue weighted by Gasteiger charge is 2.26. The van der Waals surface area contributed by atoms with E-state index in [1.807, 2.05) is 19.9 Å². The second-order valence-electron chi connectivity index (χ2n) is 9.51. The van der Waals surface area contributed by atoms with Gasteiger partial charge in [0.1, 0.15) is 17.3 Å². The molecule has 0 aliphatic carbocycles. The van der Waals surface area contributed by atoms with Gasteiger partial charge in [0.15, 0.2) is 5.82 Å². The normalized spacial score (nSPS) is 16.6. The van der Waals surface area contributed by atoms with Crippen LogP contribution >= 0.6 is 11.8 Å². The van der Waals surface area contributed by atoms with Crippen LogP contribution < -0.4 is 15.1 Å². The average Bonchev–Trinajstić information content (AvgIpc) is 2.89. The third kappa shape index (κ3) is 5.54. The summed E-state index contributed by atoms with van der Waals surface area (Å²) in [5.41, 5.74) is 1.95. The molecular weight excluding hydrogens is 532 g/mol. The lowest BCUT2D eigenvalue weighted by Crippen LogP contribution is -2.48. The van der Waals surface area contributed by atoms with Crippen LogP contribution in [0.5, 0.6) is 0 Å². The van der Waals surface area contributed by atoms with Crippen LogP contribution in [-0.2, 0) is 10.0 Å². The Kier molecular flexibility index (Phi) is 7.43. The monoisotopic (exact) mass is 561 g/mol. The van der Waals surface area contributed by atoms with Gasteiger partial charge in [0, 0.05) is 50.1 Å². The maximum atomic E-state index is 15.0. The first kappa shape index (κ1) is 26.6. The minimum absolute atomic E-state index is 0.00356. The Bertz CT molecular complexity index is 1430. The van der Waals surface area contributed by atoms with Gasteiger partial charge in [-0.15, -0.1) is 11.8 Å². The largest absolute Gasteiger partial charge is 0.368 e. The van der Waals surface area contributed by atoms with Gasteiger partial charge in [0.05, 0.1) is 34.9 Å². The molecule has 0 amide bonds. The standard InChI is InChI=1S/C25H29F2N7O2S2/c1-16(2)34-10-11-37-24-19(26)12-17(13-21(24)34)23-20(27)15-29-25(31-23)30-22-5-4-18(14-28-22)32-6-8-33(9-7-32)38(3,35)36/h4-5,12-16H,6-11H2,1-3H3,(H,28,29,30,31). The highest BCUT2D eigenvalue weighted by Crippen LogP contribution is 2.41. The lowest BCUT2D eigenvalue weighted by molar-refractivity contribution is 0.388. The molecule has 3 aromatic rings. The predicted molar refractivity (Wildman–Crippen MR) is 147 cm³/mol. The van der Waals surface area contributed by atoms with Crippen molar-refractivity contribution < 1.29 is 17.2 Å². The van der Waals surface area contributed by atoms with E-state index in [-0.39, 0.29) is 17.7 Å². The summed E-state index contributed by atoms with van der Waals surface area (Å²) in [5.74, 6) is 0.345. The van der Waals surface area contributed by atoms with Crippen molar-refractivity contribution in [1.29, 1.82) is 0 Å². The molecule has 0 unspecified atom stereocenters. The molecule has 0 bridgehead atoms. The van der Waals surface area contributed by atoms with Gasteiger partial charge in [-0.1, -0.05) is 0 Å². The molecule has 0 saturated carbocycles. The van der Waals surface area contributed by atoms with Crippen molar-refractivity contribution in [2.75, 3.05) is 59.8 Å². The first-order chi connectivity index (χ1) is 18.1. The Morgan fingerprint density at radius 2 is 1.76 bits per heavy atom. The summed E-state index contributed by atoms with van der Waals surface area (Å²) in [6.45, 7) is 6.85. The summed E-state index contributed by atoms with van der Waals surface area (Å²) in [5, 5.41) is 2.99. The number of sulfonamides is 1. The third-order valence-corrected chi connectivity index (χ3v) is 9.00. The molecule has 2 aromatic heterocycles. The third-order valence-electron chi connectivity index (χ3n) is 6.61. The molecule has 1 fully saturated rings.